The number of nitrogens with one attached hydrogen (secondary N) is 1. The topological polar surface area (TPSA) is 33.7 Å². The summed E-state index contributed by atoms with van der Waals surface area (Å²) in [6.45, 7) is 2.89. The van der Waals surface area contributed by atoms with Gasteiger partial charge in [-0.3, -0.25) is 0 Å². The van der Waals surface area contributed by atoms with Gasteiger partial charge >= 0.3 is 0 Å². The van der Waals surface area contributed by atoms with E-state index in [9.17, 15) is 4.39 Å². The van der Waals surface area contributed by atoms with Crippen LogP contribution in [0.3, 0.4) is 0 Å². The van der Waals surface area contributed by atoms with Crippen molar-refractivity contribution in [2.45, 2.75) is 32.4 Å². The smallest absolute Gasteiger partial charge is 0.175 e. The Morgan fingerprint density at radius 2 is 1.79 bits per heavy atom. The summed E-state index contributed by atoms with van der Waals surface area (Å²) in [5, 5.41) is 4.51. The molecule has 3 aromatic rings. The normalized spacial score (nSPS) is 13.6. The summed E-state index contributed by atoms with van der Waals surface area (Å²) in [5.41, 5.74) is 3.74. The number of benzene rings is 3. The fraction of sp³-hybridized carbons (Fsp3) is 0.308. The molecule has 180 valence electrons. The SMILES string of the molecule is COc1cc(CNc2ccc(N3CCCCC3)c(Cl)c2)cc(Br)c1OCc1ccc(F)cc1Cl. The predicted octanol–water partition coefficient (Wildman–Crippen LogP) is 8.09. The van der Waals surface area contributed by atoms with Crippen LogP contribution >= 0.6 is 39.1 Å². The lowest BCUT2D eigenvalue weighted by Gasteiger charge is -2.29. The molecule has 3 aromatic carbocycles. The number of hydrogen-bond acceptors (Lipinski definition) is 4. The zero-order chi connectivity index (χ0) is 24.1. The quantitative estimate of drug-likeness (QED) is 0.298. The zero-order valence-electron chi connectivity index (χ0n) is 18.8. The number of hydrogen-bond donors (Lipinski definition) is 1. The van der Waals surface area contributed by atoms with Gasteiger partial charge in [0.1, 0.15) is 12.4 Å². The van der Waals surface area contributed by atoms with Gasteiger partial charge in [0.05, 0.1) is 27.3 Å². The van der Waals surface area contributed by atoms with Crippen molar-refractivity contribution >= 4 is 50.5 Å². The number of ether oxygens (including phenoxy) is 2. The number of nitrogens with zero attached hydrogens (tertiary/aromatic N) is 1. The molecule has 4 rings (SSSR count). The number of methoxy groups -OCH3 is 1. The first-order valence-corrected chi connectivity index (χ1v) is 12.7. The van der Waals surface area contributed by atoms with E-state index >= 15 is 0 Å². The van der Waals surface area contributed by atoms with Gasteiger partial charge in [-0.25, -0.2) is 4.39 Å². The molecule has 0 unspecified atom stereocenters. The molecule has 0 atom stereocenters. The Morgan fingerprint density at radius 3 is 2.50 bits per heavy atom. The van der Waals surface area contributed by atoms with Crippen LogP contribution in [-0.4, -0.2) is 20.2 Å². The first-order chi connectivity index (χ1) is 16.4. The van der Waals surface area contributed by atoms with Crippen LogP contribution in [0.2, 0.25) is 10.0 Å². The molecule has 1 aliphatic rings. The summed E-state index contributed by atoms with van der Waals surface area (Å²) in [7, 11) is 1.59. The monoisotopic (exact) mass is 566 g/mol. The van der Waals surface area contributed by atoms with Crippen molar-refractivity contribution in [3.63, 3.8) is 0 Å². The maximum absolute atomic E-state index is 13.3. The molecule has 1 fully saturated rings. The van der Waals surface area contributed by atoms with Crippen LogP contribution in [0.1, 0.15) is 30.4 Å². The first kappa shape index (κ1) is 25.0. The lowest BCUT2D eigenvalue weighted by atomic mass is 10.1. The highest BCUT2D eigenvalue weighted by Gasteiger charge is 2.15. The maximum atomic E-state index is 13.3. The molecule has 1 aliphatic heterocycles. The third-order valence-electron chi connectivity index (χ3n) is 5.82. The Hall–Kier alpha value is -2.15. The van der Waals surface area contributed by atoms with Crippen molar-refractivity contribution in [1.82, 2.24) is 0 Å². The summed E-state index contributed by atoms with van der Waals surface area (Å²) in [6, 6.07) is 14.3. The van der Waals surface area contributed by atoms with E-state index in [2.05, 4.69) is 38.3 Å². The van der Waals surface area contributed by atoms with E-state index in [4.69, 9.17) is 32.7 Å². The van der Waals surface area contributed by atoms with Gasteiger partial charge in [-0.1, -0.05) is 29.3 Å². The van der Waals surface area contributed by atoms with Gasteiger partial charge in [0.15, 0.2) is 11.5 Å². The van der Waals surface area contributed by atoms with Gasteiger partial charge < -0.3 is 19.7 Å². The van der Waals surface area contributed by atoms with Gasteiger partial charge in [0.25, 0.3) is 0 Å². The molecule has 34 heavy (non-hydrogen) atoms. The Labute approximate surface area is 218 Å². The Morgan fingerprint density at radius 1 is 1.00 bits per heavy atom. The molecule has 0 aliphatic carbocycles. The minimum absolute atomic E-state index is 0.188. The van der Waals surface area contributed by atoms with Gasteiger partial charge in [-0.05, 0) is 83.2 Å². The third-order valence-corrected chi connectivity index (χ3v) is 7.06. The lowest BCUT2D eigenvalue weighted by Crippen LogP contribution is -2.29. The van der Waals surface area contributed by atoms with E-state index < -0.39 is 0 Å². The fourth-order valence-corrected chi connectivity index (χ4v) is 5.14. The lowest BCUT2D eigenvalue weighted by molar-refractivity contribution is 0.282. The van der Waals surface area contributed by atoms with Crippen LogP contribution < -0.4 is 19.7 Å². The summed E-state index contributed by atoms with van der Waals surface area (Å²) in [6.07, 6.45) is 3.71. The largest absolute Gasteiger partial charge is 0.493 e. The molecule has 1 N–H and O–H groups in total. The molecular formula is C26H26BrCl2FN2O2. The Kier molecular flexibility index (Phi) is 8.46. The van der Waals surface area contributed by atoms with Gasteiger partial charge in [0, 0.05) is 30.9 Å². The minimum atomic E-state index is -0.383. The zero-order valence-corrected chi connectivity index (χ0v) is 21.9. The maximum Gasteiger partial charge on any atom is 0.175 e. The number of piperidine rings is 1. The summed E-state index contributed by atoms with van der Waals surface area (Å²) < 4.78 is 25.5. The molecular weight excluding hydrogens is 542 g/mol. The first-order valence-electron chi connectivity index (χ1n) is 11.2. The van der Waals surface area contributed by atoms with Crippen LogP contribution in [0.15, 0.2) is 53.0 Å². The minimum Gasteiger partial charge on any atom is -0.493 e. The Balaban J connectivity index is 1.42. The molecule has 0 bridgehead atoms. The third kappa shape index (κ3) is 6.09. The van der Waals surface area contributed by atoms with Crippen LogP contribution in [0, 0.1) is 5.82 Å². The molecule has 0 amide bonds. The Bertz CT molecular complexity index is 1160. The molecule has 0 radical (unpaired) electrons. The van der Waals surface area contributed by atoms with Crippen LogP contribution in [0.25, 0.3) is 0 Å². The number of rotatable bonds is 8. The molecule has 1 saturated heterocycles. The number of halogens is 4. The second-order valence-electron chi connectivity index (χ2n) is 8.20. The molecule has 0 saturated carbocycles. The van der Waals surface area contributed by atoms with E-state index in [1.54, 1.807) is 13.2 Å². The van der Waals surface area contributed by atoms with Gasteiger partial charge in [0.2, 0.25) is 0 Å². The highest BCUT2D eigenvalue weighted by molar-refractivity contribution is 9.10. The second kappa shape index (κ2) is 11.5. The molecule has 1 heterocycles. The van der Waals surface area contributed by atoms with E-state index in [0.29, 0.717) is 28.6 Å². The standard InChI is InChI=1S/C26H26BrCl2FN2O2/c1-33-25-12-17(11-21(27)26(25)34-16-18-5-6-19(30)13-22(18)28)15-31-20-7-8-24(23(29)14-20)32-9-3-2-4-10-32/h5-8,11-14,31H,2-4,9-10,15-16H2,1H3. The van der Waals surface area contributed by atoms with Crippen molar-refractivity contribution in [1.29, 1.82) is 0 Å². The van der Waals surface area contributed by atoms with Gasteiger partial charge in [-0.2, -0.15) is 0 Å². The van der Waals surface area contributed by atoms with Crippen molar-refractivity contribution in [2.75, 3.05) is 30.4 Å². The van der Waals surface area contributed by atoms with E-state index in [-0.39, 0.29) is 12.4 Å². The average molecular weight is 568 g/mol. The van der Waals surface area contributed by atoms with Crippen molar-refractivity contribution in [2.24, 2.45) is 0 Å². The van der Waals surface area contributed by atoms with E-state index in [1.807, 2.05) is 18.2 Å². The number of anilines is 2. The molecule has 8 heteroatoms. The fourth-order valence-electron chi connectivity index (χ4n) is 4.02. The molecule has 4 nitrogen and oxygen atoms in total. The van der Waals surface area contributed by atoms with E-state index in [0.717, 1.165) is 39.5 Å². The molecule has 0 spiro atoms. The summed E-state index contributed by atoms with van der Waals surface area (Å²) in [5.74, 6) is 0.759. The average Bonchev–Trinajstić information content (AvgIpc) is 2.83. The summed E-state index contributed by atoms with van der Waals surface area (Å²) in [4.78, 5) is 2.36. The molecule has 0 aromatic heterocycles. The highest BCUT2D eigenvalue weighted by Crippen LogP contribution is 2.38. The van der Waals surface area contributed by atoms with Crippen molar-refractivity contribution < 1.29 is 13.9 Å². The van der Waals surface area contributed by atoms with Gasteiger partial charge in [-0.15, -0.1) is 0 Å². The van der Waals surface area contributed by atoms with Crippen LogP contribution in [0.4, 0.5) is 15.8 Å². The highest BCUT2D eigenvalue weighted by atomic mass is 79.9. The van der Waals surface area contributed by atoms with E-state index in [1.165, 1.54) is 31.4 Å². The van der Waals surface area contributed by atoms with Crippen LogP contribution in [-0.2, 0) is 13.2 Å². The predicted molar refractivity (Wildman–Crippen MR) is 141 cm³/mol. The van der Waals surface area contributed by atoms with Crippen LogP contribution in [0.5, 0.6) is 11.5 Å². The van der Waals surface area contributed by atoms with Crippen molar-refractivity contribution in [3.05, 3.63) is 80.0 Å². The second-order valence-corrected chi connectivity index (χ2v) is 9.87. The van der Waals surface area contributed by atoms with Crippen molar-refractivity contribution in [3.8, 4) is 11.5 Å². The summed E-state index contributed by atoms with van der Waals surface area (Å²) >= 11 is 16.3.